The third kappa shape index (κ3) is 2.37. The van der Waals surface area contributed by atoms with Gasteiger partial charge in [0.2, 0.25) is 0 Å². The molecule has 1 fully saturated rings. The number of carbonyl (C=O) groups is 1. The van der Waals surface area contributed by atoms with Gasteiger partial charge in [-0.05, 0) is 24.7 Å². The maximum atomic E-state index is 11.4. The number of hydrogen-bond acceptors (Lipinski definition) is 2. The molecule has 1 aliphatic rings. The van der Waals surface area contributed by atoms with Crippen molar-refractivity contribution in [3.63, 3.8) is 0 Å². The van der Waals surface area contributed by atoms with E-state index >= 15 is 0 Å². The third-order valence-electron chi connectivity index (χ3n) is 3.39. The largest absolute Gasteiger partial charge is 0.469 e. The van der Waals surface area contributed by atoms with Crippen molar-refractivity contribution in [2.45, 2.75) is 32.6 Å². The summed E-state index contributed by atoms with van der Waals surface area (Å²) in [5.41, 5.74) is 0. The molecule has 1 aliphatic carbocycles. The molecule has 0 spiro atoms. The number of methoxy groups -OCH3 is 1. The zero-order valence-corrected chi connectivity index (χ0v) is 9.16. The van der Waals surface area contributed by atoms with Crippen molar-refractivity contribution in [2.75, 3.05) is 7.11 Å². The van der Waals surface area contributed by atoms with E-state index in [0.717, 1.165) is 6.42 Å². The van der Waals surface area contributed by atoms with Gasteiger partial charge in [-0.15, -0.1) is 6.58 Å². The van der Waals surface area contributed by atoms with Crippen LogP contribution < -0.4 is 0 Å². The Kier molecular flexibility index (Phi) is 4.18. The molecule has 0 aliphatic heterocycles. The molecule has 14 heavy (non-hydrogen) atoms. The fraction of sp³-hybridized carbons (Fsp3) is 0.750. The molecule has 80 valence electrons. The molecule has 0 N–H and O–H groups in total. The second-order valence-corrected chi connectivity index (χ2v) is 4.16. The van der Waals surface area contributed by atoms with Crippen LogP contribution in [0.4, 0.5) is 0 Å². The second-order valence-electron chi connectivity index (χ2n) is 4.16. The van der Waals surface area contributed by atoms with Crippen LogP contribution in [-0.2, 0) is 9.53 Å². The van der Waals surface area contributed by atoms with Crippen molar-refractivity contribution in [3.05, 3.63) is 12.7 Å². The van der Waals surface area contributed by atoms with Crippen molar-refractivity contribution in [3.8, 4) is 0 Å². The first-order valence-electron chi connectivity index (χ1n) is 5.41. The number of rotatable bonds is 3. The average molecular weight is 196 g/mol. The highest BCUT2D eigenvalue weighted by Gasteiger charge is 2.31. The SMILES string of the molecule is C=CC1CCCCC1C(C)C(=O)OC. The first kappa shape index (κ1) is 11.3. The zero-order chi connectivity index (χ0) is 10.6. The highest BCUT2D eigenvalue weighted by molar-refractivity contribution is 5.72. The van der Waals surface area contributed by atoms with E-state index in [4.69, 9.17) is 4.74 Å². The highest BCUT2D eigenvalue weighted by atomic mass is 16.5. The van der Waals surface area contributed by atoms with Gasteiger partial charge in [-0.1, -0.05) is 25.8 Å². The van der Waals surface area contributed by atoms with E-state index in [-0.39, 0.29) is 11.9 Å². The predicted molar refractivity (Wildman–Crippen MR) is 56.8 cm³/mol. The monoisotopic (exact) mass is 196 g/mol. The van der Waals surface area contributed by atoms with Gasteiger partial charge >= 0.3 is 5.97 Å². The lowest BCUT2D eigenvalue weighted by Crippen LogP contribution is -2.29. The molecule has 2 nitrogen and oxygen atoms in total. The molecule has 1 saturated carbocycles. The molecular formula is C12H20O2. The van der Waals surface area contributed by atoms with Crippen molar-refractivity contribution in [2.24, 2.45) is 17.8 Å². The van der Waals surface area contributed by atoms with Crippen molar-refractivity contribution < 1.29 is 9.53 Å². The van der Waals surface area contributed by atoms with Crippen molar-refractivity contribution in [1.29, 1.82) is 0 Å². The van der Waals surface area contributed by atoms with Crippen LogP contribution in [0.5, 0.6) is 0 Å². The molecule has 0 radical (unpaired) electrons. The molecule has 0 aromatic heterocycles. The van der Waals surface area contributed by atoms with Crippen LogP contribution in [0.15, 0.2) is 12.7 Å². The summed E-state index contributed by atoms with van der Waals surface area (Å²) < 4.78 is 4.78. The summed E-state index contributed by atoms with van der Waals surface area (Å²) in [6.45, 7) is 5.82. The van der Waals surface area contributed by atoms with Crippen LogP contribution >= 0.6 is 0 Å². The first-order valence-corrected chi connectivity index (χ1v) is 5.41. The molecule has 2 heteroatoms. The number of esters is 1. The summed E-state index contributed by atoms with van der Waals surface area (Å²) in [5.74, 6) is 0.874. The first-order chi connectivity index (χ1) is 6.70. The highest BCUT2D eigenvalue weighted by Crippen LogP contribution is 2.36. The molecule has 0 amide bonds. The normalized spacial score (nSPS) is 29.3. The quantitative estimate of drug-likeness (QED) is 0.512. The Hall–Kier alpha value is -0.790. The lowest BCUT2D eigenvalue weighted by atomic mass is 9.73. The molecule has 3 unspecified atom stereocenters. The number of carbonyl (C=O) groups excluding carboxylic acids is 1. The summed E-state index contributed by atoms with van der Waals surface area (Å²) in [6, 6.07) is 0. The molecular weight excluding hydrogens is 176 g/mol. The molecule has 0 aromatic rings. The van der Waals surface area contributed by atoms with Gasteiger partial charge in [-0.25, -0.2) is 0 Å². The number of allylic oxidation sites excluding steroid dienone is 1. The van der Waals surface area contributed by atoms with Crippen LogP contribution in [0.1, 0.15) is 32.6 Å². The standard InChI is InChI=1S/C12H20O2/c1-4-10-7-5-6-8-11(10)9(2)12(13)14-3/h4,9-11H,1,5-8H2,2-3H3. The summed E-state index contributed by atoms with van der Waals surface area (Å²) in [6.07, 6.45) is 6.81. The van der Waals surface area contributed by atoms with Gasteiger partial charge in [0.25, 0.3) is 0 Å². The fourth-order valence-electron chi connectivity index (χ4n) is 2.46. The fourth-order valence-corrected chi connectivity index (χ4v) is 2.46. The molecule has 3 atom stereocenters. The van der Waals surface area contributed by atoms with Crippen LogP contribution in [-0.4, -0.2) is 13.1 Å². The number of ether oxygens (including phenoxy) is 1. The van der Waals surface area contributed by atoms with Gasteiger partial charge in [0.05, 0.1) is 13.0 Å². The van der Waals surface area contributed by atoms with E-state index in [1.807, 2.05) is 13.0 Å². The number of hydrogen-bond donors (Lipinski definition) is 0. The Morgan fingerprint density at radius 1 is 1.50 bits per heavy atom. The van der Waals surface area contributed by atoms with Crippen molar-refractivity contribution >= 4 is 5.97 Å². The van der Waals surface area contributed by atoms with Gasteiger partial charge in [0, 0.05) is 0 Å². The van der Waals surface area contributed by atoms with Crippen LogP contribution in [0, 0.1) is 17.8 Å². The van der Waals surface area contributed by atoms with Gasteiger partial charge in [0.15, 0.2) is 0 Å². The van der Waals surface area contributed by atoms with Crippen molar-refractivity contribution in [1.82, 2.24) is 0 Å². The Balaban J connectivity index is 2.62. The van der Waals surface area contributed by atoms with Crippen LogP contribution in [0.25, 0.3) is 0 Å². The van der Waals surface area contributed by atoms with E-state index in [2.05, 4.69) is 6.58 Å². The Labute approximate surface area is 86.3 Å². The zero-order valence-electron chi connectivity index (χ0n) is 9.16. The average Bonchev–Trinajstić information content (AvgIpc) is 2.26. The Morgan fingerprint density at radius 2 is 2.14 bits per heavy atom. The Bertz CT molecular complexity index is 210. The molecule has 0 heterocycles. The van der Waals surface area contributed by atoms with E-state index < -0.39 is 0 Å². The van der Waals surface area contributed by atoms with Gasteiger partial charge in [-0.3, -0.25) is 4.79 Å². The summed E-state index contributed by atoms with van der Waals surface area (Å²) >= 11 is 0. The van der Waals surface area contributed by atoms with Crippen LogP contribution in [0.2, 0.25) is 0 Å². The van der Waals surface area contributed by atoms with E-state index in [1.165, 1.54) is 26.4 Å². The minimum absolute atomic E-state index is 0.0169. The maximum Gasteiger partial charge on any atom is 0.308 e. The van der Waals surface area contributed by atoms with Gasteiger partial charge in [-0.2, -0.15) is 0 Å². The lowest BCUT2D eigenvalue weighted by molar-refractivity contribution is -0.147. The molecule has 1 rings (SSSR count). The Morgan fingerprint density at radius 3 is 2.71 bits per heavy atom. The molecule has 0 saturated heterocycles. The van der Waals surface area contributed by atoms with Gasteiger partial charge in [0.1, 0.15) is 0 Å². The smallest absolute Gasteiger partial charge is 0.308 e. The van der Waals surface area contributed by atoms with E-state index in [9.17, 15) is 4.79 Å². The molecule has 0 bridgehead atoms. The van der Waals surface area contributed by atoms with Crippen LogP contribution in [0.3, 0.4) is 0 Å². The third-order valence-corrected chi connectivity index (χ3v) is 3.39. The predicted octanol–water partition coefficient (Wildman–Crippen LogP) is 2.79. The maximum absolute atomic E-state index is 11.4. The lowest BCUT2D eigenvalue weighted by Gasteiger charge is -2.32. The van der Waals surface area contributed by atoms with E-state index in [1.54, 1.807) is 0 Å². The summed E-state index contributed by atoms with van der Waals surface area (Å²) in [4.78, 5) is 11.4. The summed E-state index contributed by atoms with van der Waals surface area (Å²) in [5, 5.41) is 0. The summed E-state index contributed by atoms with van der Waals surface area (Å²) in [7, 11) is 1.46. The van der Waals surface area contributed by atoms with E-state index in [0.29, 0.717) is 11.8 Å². The molecule has 0 aromatic carbocycles. The van der Waals surface area contributed by atoms with Gasteiger partial charge < -0.3 is 4.74 Å². The second kappa shape index (κ2) is 5.18. The minimum atomic E-state index is -0.0799. The topological polar surface area (TPSA) is 26.3 Å². The minimum Gasteiger partial charge on any atom is -0.469 e.